The van der Waals surface area contributed by atoms with Gasteiger partial charge in [0.05, 0.1) is 22.1 Å². The molecule has 1 aliphatic carbocycles. The number of allylic oxidation sites excluding steroid dienone is 1. The van der Waals surface area contributed by atoms with Crippen molar-refractivity contribution in [3.8, 4) is 27.9 Å². The first kappa shape index (κ1) is 31.5. The zero-order valence-corrected chi connectivity index (χ0v) is 30.2. The Kier molecular flexibility index (Phi) is 7.37. The first-order valence-corrected chi connectivity index (χ1v) is 19.2. The molecule has 55 heavy (non-hydrogen) atoms. The lowest BCUT2D eigenvalue weighted by atomic mass is 9.89. The highest BCUT2D eigenvalue weighted by Crippen LogP contribution is 2.51. The Morgan fingerprint density at radius 3 is 1.62 bits per heavy atom. The van der Waals surface area contributed by atoms with Gasteiger partial charge < -0.3 is 9.88 Å². The topological polar surface area (TPSA) is 46.6 Å². The molecule has 0 spiro atoms. The summed E-state index contributed by atoms with van der Waals surface area (Å²) >= 11 is 0. The van der Waals surface area contributed by atoms with E-state index in [1.807, 2.05) is 0 Å². The van der Waals surface area contributed by atoms with Crippen LogP contribution in [0.3, 0.4) is 0 Å². The highest BCUT2D eigenvalue weighted by atomic mass is 15.3. The van der Waals surface area contributed by atoms with Crippen LogP contribution in [0.4, 0.5) is 0 Å². The van der Waals surface area contributed by atoms with E-state index in [9.17, 15) is 0 Å². The van der Waals surface area contributed by atoms with Crippen LogP contribution in [0.1, 0.15) is 18.4 Å². The van der Waals surface area contributed by atoms with Crippen LogP contribution in [-0.4, -0.2) is 27.1 Å². The minimum atomic E-state index is -0.161. The third kappa shape index (κ3) is 5.00. The van der Waals surface area contributed by atoms with E-state index in [2.05, 4.69) is 196 Å². The van der Waals surface area contributed by atoms with Gasteiger partial charge in [-0.25, -0.2) is 4.99 Å². The zero-order chi connectivity index (χ0) is 36.3. The van der Waals surface area contributed by atoms with Gasteiger partial charge in [0.1, 0.15) is 12.0 Å². The number of amidine groups is 1. The second kappa shape index (κ2) is 12.9. The van der Waals surface area contributed by atoms with Gasteiger partial charge >= 0.3 is 0 Å². The third-order valence-electron chi connectivity index (χ3n) is 11.3. The van der Waals surface area contributed by atoms with Crippen molar-refractivity contribution in [1.82, 2.24) is 14.5 Å². The van der Waals surface area contributed by atoms with Crippen molar-refractivity contribution in [2.24, 2.45) is 15.9 Å². The molecule has 0 amide bonds. The number of nitrogens with zero attached hydrogens (tertiary/aromatic N) is 4. The number of hydrogen-bond acceptors (Lipinski definition) is 3. The molecule has 0 fully saturated rings. The molecular formula is C50H37N5. The number of rotatable bonds is 5. The summed E-state index contributed by atoms with van der Waals surface area (Å²) in [6, 6.07) is 60.8. The molecule has 2 aliphatic rings. The lowest BCUT2D eigenvalue weighted by molar-refractivity contribution is 0.466. The normalized spacial score (nSPS) is 16.9. The highest BCUT2D eigenvalue weighted by Gasteiger charge is 2.32. The molecule has 11 rings (SSSR count). The van der Waals surface area contributed by atoms with Gasteiger partial charge in [0.15, 0.2) is 0 Å². The largest absolute Gasteiger partial charge is 0.347 e. The van der Waals surface area contributed by atoms with E-state index < -0.39 is 0 Å². The molecule has 0 radical (unpaired) electrons. The number of fused-ring (bicyclic) bond motifs is 6. The summed E-state index contributed by atoms with van der Waals surface area (Å²) < 4.78 is 4.83. The maximum absolute atomic E-state index is 5.55. The SMILES string of the molecule is C1=CC(C2N=C(n3c4ccccc4c4c(-c5ccccc5)c5c6ccccc6n(-c6ccccc6)c5c(-c5ccccc5)c43)N=C(c3ccccc3)N2)CC1. The monoisotopic (exact) mass is 707 g/mol. The smallest absolute Gasteiger partial charge is 0.234 e. The van der Waals surface area contributed by atoms with Crippen LogP contribution in [0, 0.1) is 5.92 Å². The van der Waals surface area contributed by atoms with E-state index in [4.69, 9.17) is 9.98 Å². The molecule has 2 unspecified atom stereocenters. The van der Waals surface area contributed by atoms with Gasteiger partial charge in [-0.05, 0) is 48.2 Å². The van der Waals surface area contributed by atoms with E-state index in [1.165, 1.54) is 38.2 Å². The number of aliphatic imine (C=N–C) groups is 2. The van der Waals surface area contributed by atoms with Crippen LogP contribution in [0.2, 0.25) is 0 Å². The van der Waals surface area contributed by atoms with Crippen molar-refractivity contribution in [2.45, 2.75) is 19.0 Å². The summed E-state index contributed by atoms with van der Waals surface area (Å²) in [7, 11) is 0. The Balaban J connectivity index is 1.39. The highest BCUT2D eigenvalue weighted by molar-refractivity contribution is 6.34. The lowest BCUT2D eigenvalue weighted by Crippen LogP contribution is -2.43. The Bertz CT molecular complexity index is 2990. The fraction of sp³-hybridized carbons (Fsp3) is 0.0800. The molecule has 3 heterocycles. The fourth-order valence-corrected chi connectivity index (χ4v) is 8.95. The molecule has 5 heteroatoms. The Morgan fingerprint density at radius 2 is 1.02 bits per heavy atom. The number of hydrogen-bond donors (Lipinski definition) is 1. The summed E-state index contributed by atoms with van der Waals surface area (Å²) in [5.74, 6) is 1.79. The molecule has 0 bridgehead atoms. The standard InChI is InChI=1S/C50H37N5/c1-5-19-33(20-6-1)42-44-38-29-15-17-31-40(38)54(37-27-11-4-12-28-37)46(44)43(34-21-7-2-8-22-34)47-45(42)39-30-16-18-32-41(39)55(47)50-52-48(35-23-9-3-10-24-35)51-49(53-50)36-25-13-14-26-36/h1-13,15-25,27-32,36,49H,14,26H2,(H,51,52,53). The first-order chi connectivity index (χ1) is 27.3. The van der Waals surface area contributed by atoms with Crippen LogP contribution < -0.4 is 5.32 Å². The fourth-order valence-electron chi connectivity index (χ4n) is 8.95. The maximum Gasteiger partial charge on any atom is 0.234 e. The summed E-state index contributed by atoms with van der Waals surface area (Å²) in [5.41, 5.74) is 11.3. The molecule has 1 N–H and O–H groups in total. The van der Waals surface area contributed by atoms with E-state index in [0.29, 0.717) is 5.96 Å². The van der Waals surface area contributed by atoms with E-state index in [-0.39, 0.29) is 12.1 Å². The minimum absolute atomic E-state index is 0.161. The minimum Gasteiger partial charge on any atom is -0.347 e. The van der Waals surface area contributed by atoms with Gasteiger partial charge in [0.25, 0.3) is 0 Å². The zero-order valence-electron chi connectivity index (χ0n) is 30.2. The molecular weight excluding hydrogens is 671 g/mol. The second-order valence-electron chi connectivity index (χ2n) is 14.5. The summed E-state index contributed by atoms with van der Waals surface area (Å²) in [6.07, 6.45) is 6.56. The predicted molar refractivity (Wildman–Crippen MR) is 229 cm³/mol. The number of para-hydroxylation sites is 3. The van der Waals surface area contributed by atoms with E-state index in [1.54, 1.807) is 0 Å². The van der Waals surface area contributed by atoms with Crippen molar-refractivity contribution >= 4 is 55.4 Å². The van der Waals surface area contributed by atoms with Crippen LogP contribution in [-0.2, 0) is 0 Å². The van der Waals surface area contributed by atoms with Crippen molar-refractivity contribution in [3.05, 3.63) is 188 Å². The van der Waals surface area contributed by atoms with Gasteiger partial charge in [0.2, 0.25) is 5.96 Å². The van der Waals surface area contributed by atoms with Gasteiger partial charge in [0, 0.05) is 49.8 Å². The molecule has 5 nitrogen and oxygen atoms in total. The number of benzene rings is 7. The number of aromatic nitrogens is 2. The Morgan fingerprint density at radius 1 is 0.509 bits per heavy atom. The number of nitrogens with one attached hydrogen (secondary N) is 1. The lowest BCUT2D eigenvalue weighted by Gasteiger charge is -2.27. The quantitative estimate of drug-likeness (QED) is 0.178. The molecule has 2 aromatic heterocycles. The molecule has 7 aromatic carbocycles. The van der Waals surface area contributed by atoms with E-state index in [0.717, 1.165) is 57.6 Å². The van der Waals surface area contributed by atoms with Crippen molar-refractivity contribution in [1.29, 1.82) is 0 Å². The summed E-state index contributed by atoms with van der Waals surface area (Å²) in [5, 5.41) is 8.56. The van der Waals surface area contributed by atoms with Gasteiger partial charge in [-0.1, -0.05) is 158 Å². The average Bonchev–Trinajstić information content (AvgIpc) is 4.00. The van der Waals surface area contributed by atoms with Gasteiger partial charge in [-0.2, -0.15) is 4.99 Å². The van der Waals surface area contributed by atoms with Crippen LogP contribution in [0.25, 0.3) is 71.6 Å². The van der Waals surface area contributed by atoms with Gasteiger partial charge in [-0.15, -0.1) is 0 Å². The average molecular weight is 708 g/mol. The third-order valence-corrected chi connectivity index (χ3v) is 11.3. The van der Waals surface area contributed by atoms with Crippen molar-refractivity contribution < 1.29 is 0 Å². The first-order valence-electron chi connectivity index (χ1n) is 19.2. The molecule has 262 valence electrons. The second-order valence-corrected chi connectivity index (χ2v) is 14.5. The van der Waals surface area contributed by atoms with Crippen molar-refractivity contribution in [2.75, 3.05) is 0 Å². The summed E-state index contributed by atoms with van der Waals surface area (Å²) in [4.78, 5) is 11.0. The Hall–Kier alpha value is -6.98. The van der Waals surface area contributed by atoms with Crippen LogP contribution in [0.5, 0.6) is 0 Å². The van der Waals surface area contributed by atoms with Crippen LogP contribution >= 0.6 is 0 Å². The Labute approximate surface area is 319 Å². The molecule has 9 aromatic rings. The van der Waals surface area contributed by atoms with Crippen LogP contribution in [0.15, 0.2) is 192 Å². The molecule has 2 atom stereocenters. The maximum atomic E-state index is 5.55. The van der Waals surface area contributed by atoms with Crippen molar-refractivity contribution in [3.63, 3.8) is 0 Å². The molecule has 0 saturated heterocycles. The predicted octanol–water partition coefficient (Wildman–Crippen LogP) is 11.8. The van der Waals surface area contributed by atoms with E-state index >= 15 is 0 Å². The molecule has 0 saturated carbocycles. The molecule has 1 aliphatic heterocycles. The summed E-state index contributed by atoms with van der Waals surface area (Å²) in [6.45, 7) is 0. The van der Waals surface area contributed by atoms with Gasteiger partial charge in [-0.3, -0.25) is 4.57 Å².